The van der Waals surface area contributed by atoms with Crippen molar-refractivity contribution in [2.45, 2.75) is 85.5 Å². The Kier molecular flexibility index (Phi) is 8.03. The molecule has 0 aromatic heterocycles. The van der Waals surface area contributed by atoms with E-state index in [1.807, 2.05) is 6.07 Å². The second-order valence-electron chi connectivity index (χ2n) is 10.4. The number of carbonyl (C=O) groups is 1. The van der Waals surface area contributed by atoms with E-state index in [1.54, 1.807) is 0 Å². The second-order valence-corrected chi connectivity index (χ2v) is 10.4. The zero-order chi connectivity index (χ0) is 24.1. The fourth-order valence-electron chi connectivity index (χ4n) is 5.95. The SMILES string of the molecule is CCCC(CC)Cc1ccc(C2=C(C3=C(C)C=C(C)CC3)CCCc3cc(C=O)ccc32)cc1. The molecule has 34 heavy (non-hydrogen) atoms. The van der Waals surface area contributed by atoms with Crippen LogP contribution in [0.5, 0.6) is 0 Å². The van der Waals surface area contributed by atoms with Gasteiger partial charge in [0.25, 0.3) is 0 Å². The first-order valence-corrected chi connectivity index (χ1v) is 13.3. The number of benzene rings is 2. The van der Waals surface area contributed by atoms with Crippen molar-refractivity contribution in [3.8, 4) is 0 Å². The topological polar surface area (TPSA) is 17.1 Å². The minimum Gasteiger partial charge on any atom is -0.298 e. The van der Waals surface area contributed by atoms with Crippen LogP contribution in [0.25, 0.3) is 5.57 Å². The van der Waals surface area contributed by atoms with Crippen molar-refractivity contribution < 1.29 is 4.79 Å². The first kappa shape index (κ1) is 24.5. The maximum Gasteiger partial charge on any atom is 0.150 e. The molecule has 0 saturated carbocycles. The van der Waals surface area contributed by atoms with Crippen LogP contribution in [-0.2, 0) is 12.8 Å². The van der Waals surface area contributed by atoms with E-state index in [0.29, 0.717) is 0 Å². The molecule has 0 saturated heterocycles. The van der Waals surface area contributed by atoms with Crippen LogP contribution in [0.2, 0.25) is 0 Å². The van der Waals surface area contributed by atoms with Gasteiger partial charge in [-0.1, -0.05) is 81.2 Å². The Labute approximate surface area is 206 Å². The standard InChI is InChI=1S/C33H40O/c1-5-8-25(6-2)20-26-12-15-28(16-13-26)33-31-18-14-27(22-34)21-29(31)9-7-10-32(33)30-17-11-23(3)19-24(30)4/h12-16,18-19,21-22,25H,5-11,17,20H2,1-4H3. The summed E-state index contributed by atoms with van der Waals surface area (Å²) in [6, 6.07) is 15.7. The van der Waals surface area contributed by atoms with E-state index in [0.717, 1.165) is 49.9 Å². The van der Waals surface area contributed by atoms with E-state index < -0.39 is 0 Å². The molecule has 0 heterocycles. The Morgan fingerprint density at radius 2 is 1.71 bits per heavy atom. The van der Waals surface area contributed by atoms with Crippen LogP contribution in [0.4, 0.5) is 0 Å². The lowest BCUT2D eigenvalue weighted by atomic mass is 9.81. The molecule has 1 nitrogen and oxygen atoms in total. The number of rotatable bonds is 8. The van der Waals surface area contributed by atoms with Crippen molar-refractivity contribution in [1.29, 1.82) is 0 Å². The summed E-state index contributed by atoms with van der Waals surface area (Å²) < 4.78 is 0. The Hall–Kier alpha value is -2.67. The van der Waals surface area contributed by atoms with Crippen LogP contribution in [0.3, 0.4) is 0 Å². The molecule has 1 atom stereocenters. The van der Waals surface area contributed by atoms with E-state index in [1.165, 1.54) is 75.8 Å². The quantitative estimate of drug-likeness (QED) is 0.365. The van der Waals surface area contributed by atoms with Crippen molar-refractivity contribution in [2.24, 2.45) is 5.92 Å². The van der Waals surface area contributed by atoms with Gasteiger partial charge in [-0.05, 0) is 109 Å². The zero-order valence-electron chi connectivity index (χ0n) is 21.5. The molecular weight excluding hydrogens is 412 g/mol. The fraction of sp³-hybridized carbons (Fsp3) is 0.424. The number of hydrogen-bond acceptors (Lipinski definition) is 1. The highest BCUT2D eigenvalue weighted by Gasteiger charge is 2.23. The Morgan fingerprint density at radius 1 is 0.912 bits per heavy atom. The van der Waals surface area contributed by atoms with Gasteiger partial charge in [0.1, 0.15) is 6.29 Å². The summed E-state index contributed by atoms with van der Waals surface area (Å²) in [5.74, 6) is 0.774. The lowest BCUT2D eigenvalue weighted by molar-refractivity contribution is 0.112. The summed E-state index contributed by atoms with van der Waals surface area (Å²) in [6.07, 6.45) is 13.9. The first-order chi connectivity index (χ1) is 16.5. The molecule has 0 aliphatic heterocycles. The predicted octanol–water partition coefficient (Wildman–Crippen LogP) is 9.06. The normalized spacial score (nSPS) is 17.2. The smallest absolute Gasteiger partial charge is 0.150 e. The van der Waals surface area contributed by atoms with Crippen molar-refractivity contribution in [1.82, 2.24) is 0 Å². The molecule has 0 N–H and O–H groups in total. The van der Waals surface area contributed by atoms with Crippen molar-refractivity contribution in [3.05, 3.63) is 98.7 Å². The van der Waals surface area contributed by atoms with Gasteiger partial charge < -0.3 is 0 Å². The molecule has 1 heteroatoms. The minimum atomic E-state index is 0.774. The number of carbonyl (C=O) groups excluding carboxylic acids is 1. The average Bonchev–Trinajstić information content (AvgIpc) is 3.03. The number of aryl methyl sites for hydroxylation is 1. The summed E-state index contributed by atoms with van der Waals surface area (Å²) in [6.45, 7) is 9.14. The highest BCUT2D eigenvalue weighted by molar-refractivity contribution is 5.88. The van der Waals surface area contributed by atoms with Gasteiger partial charge in [0.15, 0.2) is 0 Å². The van der Waals surface area contributed by atoms with E-state index >= 15 is 0 Å². The van der Waals surface area contributed by atoms with Crippen LogP contribution in [0.1, 0.15) is 105 Å². The third-order valence-electron chi connectivity index (χ3n) is 7.82. The molecule has 178 valence electrons. The van der Waals surface area contributed by atoms with E-state index in [2.05, 4.69) is 70.2 Å². The first-order valence-electron chi connectivity index (χ1n) is 13.3. The summed E-state index contributed by atoms with van der Waals surface area (Å²) in [7, 11) is 0. The molecule has 1 unspecified atom stereocenters. The summed E-state index contributed by atoms with van der Waals surface area (Å²) in [5, 5.41) is 0. The van der Waals surface area contributed by atoms with Crippen LogP contribution in [-0.4, -0.2) is 6.29 Å². The van der Waals surface area contributed by atoms with Gasteiger partial charge in [-0.3, -0.25) is 4.79 Å². The Balaban J connectivity index is 1.83. The molecule has 0 radical (unpaired) electrons. The molecule has 2 aromatic rings. The van der Waals surface area contributed by atoms with E-state index in [9.17, 15) is 4.79 Å². The second kappa shape index (κ2) is 11.2. The maximum atomic E-state index is 11.5. The molecule has 2 aromatic carbocycles. The Bertz CT molecular complexity index is 1120. The highest BCUT2D eigenvalue weighted by Crippen LogP contribution is 2.42. The summed E-state index contributed by atoms with van der Waals surface area (Å²) in [5.41, 5.74) is 13.5. The third kappa shape index (κ3) is 5.35. The van der Waals surface area contributed by atoms with Crippen LogP contribution in [0, 0.1) is 5.92 Å². The molecule has 2 aliphatic carbocycles. The number of aldehydes is 1. The van der Waals surface area contributed by atoms with E-state index in [4.69, 9.17) is 0 Å². The van der Waals surface area contributed by atoms with Gasteiger partial charge in [-0.15, -0.1) is 0 Å². The van der Waals surface area contributed by atoms with Crippen LogP contribution >= 0.6 is 0 Å². The largest absolute Gasteiger partial charge is 0.298 e. The average molecular weight is 453 g/mol. The maximum absolute atomic E-state index is 11.5. The van der Waals surface area contributed by atoms with Gasteiger partial charge in [0.2, 0.25) is 0 Å². The van der Waals surface area contributed by atoms with Gasteiger partial charge in [0.05, 0.1) is 0 Å². The molecule has 0 bridgehead atoms. The zero-order valence-corrected chi connectivity index (χ0v) is 21.5. The number of fused-ring (bicyclic) bond motifs is 1. The van der Waals surface area contributed by atoms with Gasteiger partial charge in [0, 0.05) is 5.56 Å². The molecule has 4 rings (SSSR count). The number of hydrogen-bond donors (Lipinski definition) is 0. The lowest BCUT2D eigenvalue weighted by Gasteiger charge is -2.23. The lowest BCUT2D eigenvalue weighted by Crippen LogP contribution is -2.05. The minimum absolute atomic E-state index is 0.774. The predicted molar refractivity (Wildman–Crippen MR) is 145 cm³/mol. The van der Waals surface area contributed by atoms with E-state index in [-0.39, 0.29) is 0 Å². The summed E-state index contributed by atoms with van der Waals surface area (Å²) in [4.78, 5) is 11.5. The monoisotopic (exact) mass is 452 g/mol. The summed E-state index contributed by atoms with van der Waals surface area (Å²) >= 11 is 0. The Morgan fingerprint density at radius 3 is 2.38 bits per heavy atom. The van der Waals surface area contributed by atoms with Crippen LogP contribution < -0.4 is 0 Å². The third-order valence-corrected chi connectivity index (χ3v) is 7.82. The van der Waals surface area contributed by atoms with Crippen LogP contribution in [0.15, 0.2) is 70.8 Å². The van der Waals surface area contributed by atoms with Gasteiger partial charge in [-0.2, -0.15) is 0 Å². The highest BCUT2D eigenvalue weighted by atomic mass is 16.1. The molecule has 0 fully saturated rings. The number of allylic oxidation sites excluding steroid dienone is 5. The molecule has 2 aliphatic rings. The molecule has 0 spiro atoms. The van der Waals surface area contributed by atoms with Gasteiger partial charge >= 0.3 is 0 Å². The molecular formula is C33H40O. The van der Waals surface area contributed by atoms with Crippen molar-refractivity contribution in [3.63, 3.8) is 0 Å². The van der Waals surface area contributed by atoms with Crippen molar-refractivity contribution >= 4 is 11.9 Å². The van der Waals surface area contributed by atoms with Gasteiger partial charge in [-0.25, -0.2) is 0 Å². The van der Waals surface area contributed by atoms with Crippen molar-refractivity contribution in [2.75, 3.05) is 0 Å². The fourth-order valence-corrected chi connectivity index (χ4v) is 5.95. The molecule has 0 amide bonds.